The quantitative estimate of drug-likeness (QED) is 0.193. The smallest absolute Gasteiger partial charge is 0.248 e. The molecule has 3 N–H and O–H groups in total. The summed E-state index contributed by atoms with van der Waals surface area (Å²) in [7, 11) is 0. The number of thioether (sulfide) groups is 1. The first-order valence-electron chi connectivity index (χ1n) is 10.0. The van der Waals surface area contributed by atoms with E-state index in [1.807, 2.05) is 17.5 Å². The molecule has 3 heterocycles. The molecule has 0 unspecified atom stereocenters. The van der Waals surface area contributed by atoms with E-state index in [4.69, 9.17) is 12.2 Å². The number of aromatic nitrogens is 3. The van der Waals surface area contributed by atoms with Crippen LogP contribution in [0.5, 0.6) is 0 Å². The molecule has 4 rings (SSSR count). The number of anilines is 1. The van der Waals surface area contributed by atoms with Gasteiger partial charge in [-0.2, -0.15) is 5.26 Å². The second kappa shape index (κ2) is 11.5. The third-order valence-electron chi connectivity index (χ3n) is 4.47. The van der Waals surface area contributed by atoms with Gasteiger partial charge in [0.2, 0.25) is 5.91 Å². The molecule has 0 aliphatic heterocycles. The molecule has 0 bridgehead atoms. The molecule has 1 amide bonds. The number of pyridine rings is 1. The van der Waals surface area contributed by atoms with Crippen molar-refractivity contribution in [3.8, 4) is 27.9 Å². The highest BCUT2D eigenvalue weighted by Crippen LogP contribution is 2.35. The number of nitrogens with one attached hydrogen (secondary N) is 3. The minimum atomic E-state index is -0.383. The highest BCUT2D eigenvalue weighted by molar-refractivity contribution is 8.00. The van der Waals surface area contributed by atoms with E-state index >= 15 is 0 Å². The second-order valence-electron chi connectivity index (χ2n) is 6.84. The first-order valence-corrected chi connectivity index (χ1v) is 12.3. The zero-order valence-corrected chi connectivity index (χ0v) is 20.3. The van der Waals surface area contributed by atoms with Crippen LogP contribution in [0.15, 0.2) is 71.5 Å². The Morgan fingerprint density at radius 2 is 2.00 bits per heavy atom. The van der Waals surface area contributed by atoms with Crippen molar-refractivity contribution >= 4 is 52.0 Å². The van der Waals surface area contributed by atoms with Gasteiger partial charge in [0, 0.05) is 28.5 Å². The molecule has 8 nitrogen and oxygen atoms in total. The standard InChI is InChI=1S/C23H16FN7OS3/c24-14-3-5-15(6-4-14)28-23(33)31-30-21(32)13-35-22-17(11-25)16(20-2-1-9-34-20)10-18(29-22)19-12-26-7-8-27-19/h1-10,12H,13H2,(H,30,32)(H2,28,31,33). The van der Waals surface area contributed by atoms with Crippen molar-refractivity contribution in [1.82, 2.24) is 25.8 Å². The normalized spacial score (nSPS) is 10.3. The van der Waals surface area contributed by atoms with Gasteiger partial charge in [-0.25, -0.2) is 9.37 Å². The molecule has 0 fully saturated rings. The lowest BCUT2D eigenvalue weighted by molar-refractivity contribution is -0.119. The number of amides is 1. The molecule has 174 valence electrons. The molecule has 0 saturated heterocycles. The Morgan fingerprint density at radius 3 is 2.69 bits per heavy atom. The van der Waals surface area contributed by atoms with E-state index in [1.165, 1.54) is 35.6 Å². The SMILES string of the molecule is N#Cc1c(-c2cccs2)cc(-c2cnccn2)nc1SCC(=O)NNC(=S)Nc1ccc(F)cc1. The van der Waals surface area contributed by atoms with Crippen LogP contribution in [0.2, 0.25) is 0 Å². The zero-order chi connectivity index (χ0) is 24.6. The van der Waals surface area contributed by atoms with Gasteiger partial charge in [-0.3, -0.25) is 25.6 Å². The number of benzene rings is 1. The third-order valence-corrected chi connectivity index (χ3v) is 6.55. The van der Waals surface area contributed by atoms with Crippen LogP contribution in [0.25, 0.3) is 21.8 Å². The van der Waals surface area contributed by atoms with Crippen LogP contribution in [0.1, 0.15) is 5.56 Å². The van der Waals surface area contributed by atoms with E-state index in [0.717, 1.165) is 16.6 Å². The van der Waals surface area contributed by atoms with Crippen LogP contribution in [0.4, 0.5) is 10.1 Å². The average Bonchev–Trinajstić information content (AvgIpc) is 3.42. The summed E-state index contributed by atoms with van der Waals surface area (Å²) in [4.78, 5) is 26.3. The number of carbonyl (C=O) groups is 1. The van der Waals surface area contributed by atoms with Crippen molar-refractivity contribution in [3.63, 3.8) is 0 Å². The Balaban J connectivity index is 1.46. The summed E-state index contributed by atoms with van der Waals surface area (Å²) in [6, 6.07) is 13.5. The number of carbonyl (C=O) groups excluding carboxylic acids is 1. The van der Waals surface area contributed by atoms with Crippen LogP contribution < -0.4 is 16.2 Å². The summed E-state index contributed by atoms with van der Waals surface area (Å²) >= 11 is 7.76. The number of hydrazine groups is 1. The molecule has 35 heavy (non-hydrogen) atoms. The largest absolute Gasteiger partial charge is 0.331 e. The van der Waals surface area contributed by atoms with E-state index in [1.54, 1.807) is 24.7 Å². The van der Waals surface area contributed by atoms with Crippen LogP contribution >= 0.6 is 35.3 Å². The number of thiocarbonyl (C=S) groups is 1. The van der Waals surface area contributed by atoms with E-state index in [2.05, 4.69) is 37.2 Å². The molecule has 3 aromatic heterocycles. The molecule has 0 radical (unpaired) electrons. The number of hydrogen-bond donors (Lipinski definition) is 3. The van der Waals surface area contributed by atoms with Crippen molar-refractivity contribution in [2.45, 2.75) is 5.03 Å². The Labute approximate surface area is 213 Å². The maximum atomic E-state index is 13.0. The maximum Gasteiger partial charge on any atom is 0.248 e. The zero-order valence-electron chi connectivity index (χ0n) is 17.9. The Morgan fingerprint density at radius 1 is 1.17 bits per heavy atom. The highest BCUT2D eigenvalue weighted by Gasteiger charge is 2.18. The summed E-state index contributed by atoms with van der Waals surface area (Å²) in [5, 5.41) is 15.2. The minimum Gasteiger partial charge on any atom is -0.331 e. The first-order chi connectivity index (χ1) is 17.0. The van der Waals surface area contributed by atoms with Crippen molar-refractivity contribution in [2.75, 3.05) is 11.1 Å². The van der Waals surface area contributed by atoms with Gasteiger partial charge in [-0.05, 0) is 54.0 Å². The molecule has 0 atom stereocenters. The van der Waals surface area contributed by atoms with Crippen molar-refractivity contribution in [2.24, 2.45) is 0 Å². The van der Waals surface area contributed by atoms with Crippen molar-refractivity contribution in [3.05, 3.63) is 77.8 Å². The fourth-order valence-electron chi connectivity index (χ4n) is 2.91. The predicted octanol–water partition coefficient (Wildman–Crippen LogP) is 4.39. The lowest BCUT2D eigenvalue weighted by Crippen LogP contribution is -2.44. The Hall–Kier alpha value is -3.92. The van der Waals surface area contributed by atoms with Gasteiger partial charge in [0.05, 0.1) is 23.2 Å². The van der Waals surface area contributed by atoms with Gasteiger partial charge < -0.3 is 5.32 Å². The fraction of sp³-hybridized carbons (Fsp3) is 0.0435. The molecule has 1 aromatic carbocycles. The van der Waals surface area contributed by atoms with Crippen molar-refractivity contribution in [1.29, 1.82) is 5.26 Å². The molecule has 0 saturated carbocycles. The van der Waals surface area contributed by atoms with Gasteiger partial charge in [0.1, 0.15) is 22.6 Å². The molecule has 12 heteroatoms. The van der Waals surface area contributed by atoms with E-state index in [9.17, 15) is 14.4 Å². The van der Waals surface area contributed by atoms with Crippen LogP contribution in [0.3, 0.4) is 0 Å². The lowest BCUT2D eigenvalue weighted by atomic mass is 10.1. The second-order valence-corrected chi connectivity index (χ2v) is 9.16. The number of hydrogen-bond acceptors (Lipinski definition) is 8. The molecule has 0 spiro atoms. The first kappa shape index (κ1) is 24.2. The van der Waals surface area contributed by atoms with E-state index < -0.39 is 0 Å². The van der Waals surface area contributed by atoms with E-state index in [0.29, 0.717) is 33.2 Å². The van der Waals surface area contributed by atoms with Crippen LogP contribution in [0, 0.1) is 17.1 Å². The number of nitrogens with zero attached hydrogens (tertiary/aromatic N) is 4. The minimum absolute atomic E-state index is 0.0261. The monoisotopic (exact) mass is 521 g/mol. The number of halogens is 1. The topological polar surface area (TPSA) is 116 Å². The Kier molecular flexibility index (Phi) is 7.94. The van der Waals surface area contributed by atoms with Gasteiger partial charge >= 0.3 is 0 Å². The van der Waals surface area contributed by atoms with Crippen LogP contribution in [-0.2, 0) is 4.79 Å². The van der Waals surface area contributed by atoms with Gasteiger partial charge in [-0.15, -0.1) is 11.3 Å². The molecule has 0 aliphatic carbocycles. The highest BCUT2D eigenvalue weighted by atomic mass is 32.2. The molecular weight excluding hydrogens is 506 g/mol. The number of thiophene rings is 1. The maximum absolute atomic E-state index is 13.0. The summed E-state index contributed by atoms with van der Waals surface area (Å²) in [5.41, 5.74) is 7.84. The van der Waals surface area contributed by atoms with Gasteiger partial charge in [0.15, 0.2) is 5.11 Å². The molecular formula is C23H16FN7OS3. The van der Waals surface area contributed by atoms with Crippen molar-refractivity contribution < 1.29 is 9.18 Å². The Bertz CT molecular complexity index is 1380. The molecule has 4 aromatic rings. The number of nitriles is 1. The van der Waals surface area contributed by atoms with E-state index in [-0.39, 0.29) is 22.6 Å². The van der Waals surface area contributed by atoms with Gasteiger partial charge in [0.25, 0.3) is 0 Å². The van der Waals surface area contributed by atoms with Crippen LogP contribution in [-0.4, -0.2) is 31.7 Å². The summed E-state index contributed by atoms with van der Waals surface area (Å²) in [5.74, 6) is -0.774. The summed E-state index contributed by atoms with van der Waals surface area (Å²) in [6.07, 6.45) is 4.72. The predicted molar refractivity (Wildman–Crippen MR) is 138 cm³/mol. The number of rotatable bonds is 6. The molecule has 0 aliphatic rings. The fourth-order valence-corrected chi connectivity index (χ4v) is 4.64. The summed E-state index contributed by atoms with van der Waals surface area (Å²) in [6.45, 7) is 0. The third kappa shape index (κ3) is 6.36. The average molecular weight is 522 g/mol. The lowest BCUT2D eigenvalue weighted by Gasteiger charge is -2.13. The van der Waals surface area contributed by atoms with Gasteiger partial charge in [-0.1, -0.05) is 17.8 Å². The summed E-state index contributed by atoms with van der Waals surface area (Å²) < 4.78 is 13.0.